The molecule has 136 valence electrons. The minimum atomic E-state index is -0.193. The summed E-state index contributed by atoms with van der Waals surface area (Å²) in [4.78, 5) is 19.4. The summed E-state index contributed by atoms with van der Waals surface area (Å²) in [6.07, 6.45) is 2.28. The van der Waals surface area contributed by atoms with E-state index in [1.54, 1.807) is 0 Å². The number of nitrogens with zero attached hydrogens (tertiary/aromatic N) is 3. The van der Waals surface area contributed by atoms with E-state index in [0.717, 1.165) is 38.2 Å². The van der Waals surface area contributed by atoms with Crippen LogP contribution in [0.15, 0.2) is 24.3 Å². The quantitative estimate of drug-likeness (QED) is 0.823. The first-order valence-electron chi connectivity index (χ1n) is 9.29. The molecule has 4 fully saturated rings. The van der Waals surface area contributed by atoms with Gasteiger partial charge in [0.05, 0.1) is 13.2 Å². The predicted octanol–water partition coefficient (Wildman–Crippen LogP) is 2.17. The Labute approximate surface area is 148 Å². The van der Waals surface area contributed by atoms with Crippen LogP contribution in [-0.2, 0) is 11.3 Å². The molecule has 4 aliphatic heterocycles. The van der Waals surface area contributed by atoms with E-state index in [2.05, 4.69) is 9.80 Å². The van der Waals surface area contributed by atoms with E-state index in [4.69, 9.17) is 4.74 Å². The van der Waals surface area contributed by atoms with Gasteiger partial charge in [0.2, 0.25) is 0 Å². The third-order valence-corrected chi connectivity index (χ3v) is 5.64. The van der Waals surface area contributed by atoms with Crippen molar-refractivity contribution in [3.63, 3.8) is 0 Å². The Morgan fingerprint density at radius 3 is 2.60 bits per heavy atom. The zero-order chi connectivity index (χ0) is 17.2. The maximum absolute atomic E-state index is 13.1. The molecular formula is C19H26FN3O2. The maximum atomic E-state index is 13.1. The van der Waals surface area contributed by atoms with Crippen molar-refractivity contribution in [1.29, 1.82) is 0 Å². The number of morpholine rings is 1. The number of halogens is 1. The molecule has 1 aromatic rings. The summed E-state index contributed by atoms with van der Waals surface area (Å²) in [5.41, 5.74) is 1.13. The summed E-state index contributed by atoms with van der Waals surface area (Å²) < 4.78 is 18.5. The summed E-state index contributed by atoms with van der Waals surface area (Å²) in [5, 5.41) is 0. The fourth-order valence-corrected chi connectivity index (χ4v) is 4.33. The molecule has 0 spiro atoms. The number of hydrogen-bond donors (Lipinski definition) is 0. The van der Waals surface area contributed by atoms with Crippen LogP contribution in [0.4, 0.5) is 9.18 Å². The lowest BCUT2D eigenvalue weighted by Gasteiger charge is -2.40. The average molecular weight is 347 g/mol. The zero-order valence-corrected chi connectivity index (χ0v) is 14.6. The Balaban J connectivity index is 1.43. The Morgan fingerprint density at radius 2 is 1.84 bits per heavy atom. The van der Waals surface area contributed by atoms with Crippen molar-refractivity contribution >= 4 is 6.03 Å². The van der Waals surface area contributed by atoms with Crippen LogP contribution in [0.5, 0.6) is 0 Å². The van der Waals surface area contributed by atoms with Crippen LogP contribution in [-0.4, -0.2) is 72.7 Å². The van der Waals surface area contributed by atoms with Crippen LogP contribution in [0.3, 0.4) is 0 Å². The Kier molecular flexibility index (Phi) is 4.90. The highest BCUT2D eigenvalue weighted by Crippen LogP contribution is 2.29. The second-order valence-corrected chi connectivity index (χ2v) is 7.45. The Morgan fingerprint density at radius 1 is 1.08 bits per heavy atom. The van der Waals surface area contributed by atoms with Crippen LogP contribution in [0.25, 0.3) is 0 Å². The van der Waals surface area contributed by atoms with Crippen molar-refractivity contribution in [3.8, 4) is 0 Å². The summed E-state index contributed by atoms with van der Waals surface area (Å²) in [5.74, 6) is 0.339. The minimum absolute atomic E-state index is 0.182. The van der Waals surface area contributed by atoms with Crippen LogP contribution in [0, 0.1) is 11.7 Å². The van der Waals surface area contributed by atoms with Crippen molar-refractivity contribution in [2.75, 3.05) is 45.9 Å². The molecule has 0 unspecified atom stereocenters. The third-order valence-electron chi connectivity index (χ3n) is 5.64. The lowest BCUT2D eigenvalue weighted by Crippen LogP contribution is -2.54. The van der Waals surface area contributed by atoms with E-state index in [1.807, 2.05) is 17.0 Å². The average Bonchev–Trinajstić information content (AvgIpc) is 2.94. The van der Waals surface area contributed by atoms with Crippen LogP contribution in [0.2, 0.25) is 0 Å². The molecule has 5 rings (SSSR count). The van der Waals surface area contributed by atoms with Crippen LogP contribution in [0.1, 0.15) is 18.4 Å². The second kappa shape index (κ2) is 7.30. The van der Waals surface area contributed by atoms with Gasteiger partial charge in [-0.05, 0) is 36.5 Å². The monoisotopic (exact) mass is 347 g/mol. The van der Waals surface area contributed by atoms with Crippen LogP contribution >= 0.6 is 0 Å². The summed E-state index contributed by atoms with van der Waals surface area (Å²) in [6.45, 7) is 6.30. The Bertz CT molecular complexity index is 603. The van der Waals surface area contributed by atoms with Crippen molar-refractivity contribution in [2.45, 2.75) is 25.4 Å². The SMILES string of the molecule is O=C(N1CCOCC1)N1C[C@@H]2CC[C@H]1CN(Cc1ccc(F)cc1)C2. The second-order valence-electron chi connectivity index (χ2n) is 7.45. The molecule has 0 saturated carbocycles. The first kappa shape index (κ1) is 16.8. The van der Waals surface area contributed by atoms with Gasteiger partial charge in [-0.2, -0.15) is 0 Å². The van der Waals surface area contributed by atoms with E-state index in [0.29, 0.717) is 32.2 Å². The molecule has 25 heavy (non-hydrogen) atoms. The molecule has 0 N–H and O–H groups in total. The van der Waals surface area contributed by atoms with Gasteiger partial charge in [-0.1, -0.05) is 12.1 Å². The normalized spacial score (nSPS) is 27.4. The number of rotatable bonds is 2. The van der Waals surface area contributed by atoms with Gasteiger partial charge in [-0.3, -0.25) is 4.90 Å². The fourth-order valence-electron chi connectivity index (χ4n) is 4.33. The first-order chi connectivity index (χ1) is 12.2. The van der Waals surface area contributed by atoms with E-state index in [1.165, 1.54) is 18.6 Å². The lowest BCUT2D eigenvalue weighted by atomic mass is 9.95. The van der Waals surface area contributed by atoms with Crippen molar-refractivity contribution in [1.82, 2.24) is 14.7 Å². The summed E-state index contributed by atoms with van der Waals surface area (Å²) >= 11 is 0. The van der Waals surface area contributed by atoms with E-state index < -0.39 is 0 Å². The van der Waals surface area contributed by atoms with Gasteiger partial charge in [-0.15, -0.1) is 0 Å². The maximum Gasteiger partial charge on any atom is 0.320 e. The number of carbonyl (C=O) groups excluding carboxylic acids is 1. The molecular weight excluding hydrogens is 321 g/mol. The minimum Gasteiger partial charge on any atom is -0.378 e. The number of urea groups is 1. The van der Waals surface area contributed by atoms with Gasteiger partial charge in [0, 0.05) is 45.3 Å². The standard InChI is InChI=1S/C19H26FN3O2/c20-17-4-1-15(2-5-17)11-21-12-16-3-6-18(14-21)23(13-16)19(24)22-7-9-25-10-8-22/h1-2,4-5,16,18H,3,6-14H2/t16-,18+/m1/s1. The molecule has 0 aliphatic carbocycles. The van der Waals surface area contributed by atoms with Crippen LogP contribution < -0.4 is 0 Å². The molecule has 0 aromatic heterocycles. The number of benzene rings is 1. The Hall–Kier alpha value is -1.66. The molecule has 0 radical (unpaired) electrons. The highest BCUT2D eigenvalue weighted by atomic mass is 19.1. The predicted molar refractivity (Wildman–Crippen MR) is 92.7 cm³/mol. The topological polar surface area (TPSA) is 36.0 Å². The number of piperidine rings is 1. The van der Waals surface area contributed by atoms with E-state index in [-0.39, 0.29) is 17.9 Å². The largest absolute Gasteiger partial charge is 0.378 e. The van der Waals surface area contributed by atoms with Gasteiger partial charge < -0.3 is 14.5 Å². The zero-order valence-electron chi connectivity index (χ0n) is 14.6. The lowest BCUT2D eigenvalue weighted by molar-refractivity contribution is 0.0341. The molecule has 5 nitrogen and oxygen atoms in total. The highest BCUT2D eigenvalue weighted by Gasteiger charge is 2.38. The van der Waals surface area contributed by atoms with Crippen molar-refractivity contribution in [2.24, 2.45) is 5.92 Å². The van der Waals surface area contributed by atoms with Gasteiger partial charge in [-0.25, -0.2) is 9.18 Å². The number of amides is 2. The summed E-state index contributed by atoms with van der Waals surface area (Å²) in [6, 6.07) is 7.24. The molecule has 2 bridgehead atoms. The number of hydrogen-bond acceptors (Lipinski definition) is 3. The van der Waals surface area contributed by atoms with E-state index >= 15 is 0 Å². The molecule has 1 aromatic carbocycles. The smallest absolute Gasteiger partial charge is 0.320 e. The molecule has 4 heterocycles. The number of carbonyl (C=O) groups is 1. The highest BCUT2D eigenvalue weighted by molar-refractivity contribution is 5.75. The van der Waals surface area contributed by atoms with E-state index in [9.17, 15) is 9.18 Å². The van der Waals surface area contributed by atoms with Crippen molar-refractivity contribution < 1.29 is 13.9 Å². The molecule has 2 atom stereocenters. The fraction of sp³-hybridized carbons (Fsp3) is 0.632. The molecule has 4 aliphatic rings. The van der Waals surface area contributed by atoms with Gasteiger partial charge in [0.1, 0.15) is 5.82 Å². The molecule has 2 amide bonds. The summed E-state index contributed by atoms with van der Waals surface area (Å²) in [7, 11) is 0. The third kappa shape index (κ3) is 3.80. The first-order valence-corrected chi connectivity index (χ1v) is 9.29. The molecule has 4 saturated heterocycles. The number of fused-ring (bicyclic) bond motifs is 4. The van der Waals surface area contributed by atoms with Gasteiger partial charge in [0.15, 0.2) is 0 Å². The molecule has 6 heteroatoms. The number of ether oxygens (including phenoxy) is 1. The van der Waals surface area contributed by atoms with Gasteiger partial charge in [0.25, 0.3) is 0 Å². The van der Waals surface area contributed by atoms with Gasteiger partial charge >= 0.3 is 6.03 Å². The van der Waals surface area contributed by atoms with Crippen molar-refractivity contribution in [3.05, 3.63) is 35.6 Å².